The predicted molar refractivity (Wildman–Crippen MR) is 111 cm³/mol. The van der Waals surface area contributed by atoms with Crippen molar-refractivity contribution in [3.63, 3.8) is 0 Å². The molecule has 1 fully saturated rings. The normalized spacial score (nSPS) is 19.3. The third kappa shape index (κ3) is 14.0. The first-order valence-corrected chi connectivity index (χ1v) is 11.9. The molecule has 8 heteroatoms. The van der Waals surface area contributed by atoms with Crippen molar-refractivity contribution < 1.29 is 13.2 Å². The molecule has 0 spiro atoms. The second-order valence-corrected chi connectivity index (χ2v) is 8.09. The van der Waals surface area contributed by atoms with E-state index in [2.05, 4.69) is 22.5 Å². The second kappa shape index (κ2) is 16.6. The van der Waals surface area contributed by atoms with Crippen molar-refractivity contribution in [1.82, 2.24) is 10.6 Å². The van der Waals surface area contributed by atoms with Gasteiger partial charge in [0.2, 0.25) is 0 Å². The van der Waals surface area contributed by atoms with Gasteiger partial charge in [-0.15, -0.1) is 11.8 Å². The highest BCUT2D eigenvalue weighted by molar-refractivity contribution is 8.15. The highest BCUT2D eigenvalue weighted by atomic mass is 32.2. The van der Waals surface area contributed by atoms with E-state index in [1.54, 1.807) is 12.5 Å². The molecule has 0 aromatic carbocycles. The molecule has 1 rings (SSSR count). The Labute approximate surface area is 158 Å². The first kappa shape index (κ1) is 26.4. The first-order valence-electron chi connectivity index (χ1n) is 8.82. The van der Waals surface area contributed by atoms with Crippen molar-refractivity contribution in [2.45, 2.75) is 53.0 Å². The molecule has 0 aliphatic carbocycles. The molecule has 0 unspecified atom stereocenters. The maximum absolute atomic E-state index is 12.0. The number of carbonyl (C=O) groups excluding carboxylic acids is 1. The SMILES string of the molecule is CC.CC/C=C/N=C(SC)C(=O)N[C@H]1CCCS(=O)(=O)C1.CCNC. The van der Waals surface area contributed by atoms with Crippen molar-refractivity contribution in [2.75, 3.05) is 31.4 Å². The first-order chi connectivity index (χ1) is 11.9. The summed E-state index contributed by atoms with van der Waals surface area (Å²) in [6.07, 6.45) is 7.40. The number of thioether (sulfide) groups is 1. The minimum Gasteiger partial charge on any atom is -0.346 e. The molecule has 0 aromatic heterocycles. The monoisotopic (exact) mass is 393 g/mol. The van der Waals surface area contributed by atoms with E-state index in [9.17, 15) is 13.2 Å². The van der Waals surface area contributed by atoms with Gasteiger partial charge in [-0.3, -0.25) is 4.79 Å². The Kier molecular flexibility index (Phi) is 17.5. The minimum absolute atomic E-state index is 0.0329. The van der Waals surface area contributed by atoms with Gasteiger partial charge in [0.25, 0.3) is 5.91 Å². The number of aliphatic imine (C=N–C) groups is 1. The molecule has 2 N–H and O–H groups in total. The Balaban J connectivity index is 0. The summed E-state index contributed by atoms with van der Waals surface area (Å²) in [7, 11) is -1.08. The molecule has 0 radical (unpaired) electrons. The number of carbonyl (C=O) groups is 1. The predicted octanol–water partition coefficient (Wildman–Crippen LogP) is 2.62. The van der Waals surface area contributed by atoms with E-state index in [1.165, 1.54) is 11.8 Å². The molecule has 1 atom stereocenters. The molecule has 1 saturated heterocycles. The molecular formula is C17H35N3O3S2. The van der Waals surface area contributed by atoms with E-state index in [4.69, 9.17) is 0 Å². The van der Waals surface area contributed by atoms with Crippen LogP contribution in [0.2, 0.25) is 0 Å². The highest BCUT2D eigenvalue weighted by Gasteiger charge is 2.26. The number of rotatable bonds is 4. The number of amides is 1. The fourth-order valence-electron chi connectivity index (χ4n) is 1.81. The summed E-state index contributed by atoms with van der Waals surface area (Å²) in [5.41, 5.74) is 0. The Morgan fingerprint density at radius 3 is 2.36 bits per heavy atom. The van der Waals surface area contributed by atoms with Crippen LogP contribution in [-0.4, -0.2) is 56.8 Å². The van der Waals surface area contributed by atoms with Gasteiger partial charge in [-0.25, -0.2) is 13.4 Å². The third-order valence-electron chi connectivity index (χ3n) is 3.07. The number of allylic oxidation sites excluding steroid dienone is 1. The average Bonchev–Trinajstić information content (AvgIpc) is 2.59. The topological polar surface area (TPSA) is 87.6 Å². The lowest BCUT2D eigenvalue weighted by Crippen LogP contribution is -2.45. The zero-order valence-electron chi connectivity index (χ0n) is 16.5. The Hall–Kier alpha value is -0.860. The van der Waals surface area contributed by atoms with Gasteiger partial charge in [0.05, 0.1) is 11.5 Å². The van der Waals surface area contributed by atoms with E-state index in [0.717, 1.165) is 13.0 Å². The maximum Gasteiger partial charge on any atom is 0.276 e. The van der Waals surface area contributed by atoms with Gasteiger partial charge >= 0.3 is 0 Å². The van der Waals surface area contributed by atoms with Gasteiger partial charge in [0.1, 0.15) is 0 Å². The minimum atomic E-state index is -3.01. The van der Waals surface area contributed by atoms with Crippen LogP contribution >= 0.6 is 11.8 Å². The van der Waals surface area contributed by atoms with Crippen LogP contribution in [0.1, 0.15) is 47.0 Å². The molecule has 25 heavy (non-hydrogen) atoms. The molecule has 0 aromatic rings. The van der Waals surface area contributed by atoms with Crippen molar-refractivity contribution in [1.29, 1.82) is 0 Å². The van der Waals surface area contributed by atoms with Crippen LogP contribution < -0.4 is 10.6 Å². The lowest BCUT2D eigenvalue weighted by atomic mass is 10.2. The van der Waals surface area contributed by atoms with Gasteiger partial charge < -0.3 is 10.6 Å². The fourth-order valence-corrected chi connectivity index (χ4v) is 3.86. The summed E-state index contributed by atoms with van der Waals surface area (Å²) in [6.45, 7) is 9.12. The molecule has 1 heterocycles. The van der Waals surface area contributed by atoms with E-state index in [-0.39, 0.29) is 23.5 Å². The van der Waals surface area contributed by atoms with Crippen molar-refractivity contribution >= 4 is 32.6 Å². The van der Waals surface area contributed by atoms with Gasteiger partial charge in [-0.05, 0) is 39.1 Å². The lowest BCUT2D eigenvalue weighted by Gasteiger charge is -2.22. The Morgan fingerprint density at radius 1 is 1.32 bits per heavy atom. The van der Waals surface area contributed by atoms with Crippen molar-refractivity contribution in [2.24, 2.45) is 4.99 Å². The molecule has 0 saturated carbocycles. The summed E-state index contributed by atoms with van der Waals surface area (Å²) in [4.78, 5) is 16.0. The molecule has 1 amide bonds. The zero-order valence-corrected chi connectivity index (χ0v) is 18.1. The Morgan fingerprint density at radius 2 is 1.92 bits per heavy atom. The summed E-state index contributed by atoms with van der Waals surface area (Å²) >= 11 is 1.25. The van der Waals surface area contributed by atoms with Gasteiger partial charge in [0, 0.05) is 12.2 Å². The van der Waals surface area contributed by atoms with Crippen LogP contribution in [0.4, 0.5) is 0 Å². The zero-order chi connectivity index (χ0) is 19.7. The quantitative estimate of drug-likeness (QED) is 0.566. The van der Waals surface area contributed by atoms with Gasteiger partial charge in [0.15, 0.2) is 14.9 Å². The van der Waals surface area contributed by atoms with E-state index in [0.29, 0.717) is 17.9 Å². The smallest absolute Gasteiger partial charge is 0.276 e. The van der Waals surface area contributed by atoms with Crippen molar-refractivity contribution in [3.8, 4) is 0 Å². The second-order valence-electron chi connectivity index (χ2n) is 5.07. The maximum atomic E-state index is 12.0. The van der Waals surface area contributed by atoms with Crippen LogP contribution in [0.5, 0.6) is 0 Å². The van der Waals surface area contributed by atoms with Crippen LogP contribution in [0.3, 0.4) is 0 Å². The van der Waals surface area contributed by atoms with Crippen LogP contribution in [-0.2, 0) is 14.6 Å². The lowest BCUT2D eigenvalue weighted by molar-refractivity contribution is -0.115. The highest BCUT2D eigenvalue weighted by Crippen LogP contribution is 2.12. The molecule has 1 aliphatic rings. The van der Waals surface area contributed by atoms with Gasteiger partial charge in [-0.2, -0.15) is 0 Å². The van der Waals surface area contributed by atoms with Crippen LogP contribution in [0, 0.1) is 0 Å². The average molecular weight is 394 g/mol. The molecule has 148 valence electrons. The van der Waals surface area contributed by atoms with E-state index >= 15 is 0 Å². The molecular weight excluding hydrogens is 358 g/mol. The molecule has 6 nitrogen and oxygen atoms in total. The Bertz CT molecular complexity index is 501. The van der Waals surface area contributed by atoms with Gasteiger partial charge in [-0.1, -0.05) is 33.8 Å². The van der Waals surface area contributed by atoms with Crippen LogP contribution in [0.25, 0.3) is 0 Å². The number of nitrogens with one attached hydrogen (secondary N) is 2. The fraction of sp³-hybridized carbons (Fsp3) is 0.765. The summed E-state index contributed by atoms with van der Waals surface area (Å²) in [5, 5.41) is 6.03. The number of nitrogens with zero attached hydrogens (tertiary/aromatic N) is 1. The number of hydrogen-bond donors (Lipinski definition) is 2. The number of hydrogen-bond acceptors (Lipinski definition) is 6. The summed E-state index contributed by atoms with van der Waals surface area (Å²) in [5.74, 6) is -0.0387. The van der Waals surface area contributed by atoms with Crippen LogP contribution in [0.15, 0.2) is 17.3 Å². The standard InChI is InChI=1S/C12H20N2O3S2.C3H9N.C2H6/c1-3-4-7-13-12(18-2)11(15)14-10-6-5-8-19(16,17)9-10;1-3-4-2;1-2/h4,7,10H,3,5-6,8-9H2,1-2H3,(H,14,15);4H,3H2,1-2H3;1-2H3/b7-4+,13-12?;;/t10-;;/m0../s1. The summed E-state index contributed by atoms with van der Waals surface area (Å²) in [6, 6.07) is -0.293. The molecule has 0 bridgehead atoms. The van der Waals surface area contributed by atoms with E-state index in [1.807, 2.05) is 33.9 Å². The third-order valence-corrected chi connectivity index (χ3v) is 5.57. The van der Waals surface area contributed by atoms with Crippen molar-refractivity contribution in [3.05, 3.63) is 12.3 Å². The number of sulfone groups is 1. The largest absolute Gasteiger partial charge is 0.346 e. The summed E-state index contributed by atoms with van der Waals surface area (Å²) < 4.78 is 23.0. The molecule has 1 aliphatic heterocycles. The van der Waals surface area contributed by atoms with E-state index < -0.39 is 9.84 Å².